The van der Waals surface area contributed by atoms with E-state index in [4.69, 9.17) is 11.0 Å². The summed E-state index contributed by atoms with van der Waals surface area (Å²) in [4.78, 5) is 2.09. The average molecular weight is 247 g/mol. The Morgan fingerprint density at radius 3 is 2.83 bits per heavy atom. The van der Waals surface area contributed by atoms with Crippen LogP contribution in [0.25, 0.3) is 0 Å². The molecule has 2 rings (SSSR count). The number of nitrogens with zero attached hydrogens (tertiary/aromatic N) is 2. The monoisotopic (exact) mass is 247 g/mol. The minimum absolute atomic E-state index is 0.257. The second-order valence-corrected chi connectivity index (χ2v) is 4.97. The summed E-state index contributed by atoms with van der Waals surface area (Å²) in [7, 11) is 1.97. The molecule has 0 spiro atoms. The van der Waals surface area contributed by atoms with Gasteiger partial charge >= 0.3 is 0 Å². The summed E-state index contributed by atoms with van der Waals surface area (Å²) in [5.41, 5.74) is 6.84. The Bertz CT molecular complexity index is 463. The normalized spacial score (nSPS) is 16.6. The fourth-order valence-corrected chi connectivity index (χ4v) is 2.36. The van der Waals surface area contributed by atoms with Gasteiger partial charge in [0.25, 0.3) is 0 Å². The highest BCUT2D eigenvalue weighted by molar-refractivity contribution is 5.33. The Balaban J connectivity index is 2.10. The lowest BCUT2D eigenvalue weighted by atomic mass is 10.1. The lowest BCUT2D eigenvalue weighted by molar-refractivity contribution is 0.213. The zero-order valence-electron chi connectivity index (χ0n) is 10.6. The van der Waals surface area contributed by atoms with E-state index in [1.165, 1.54) is 25.0 Å². The molecule has 1 aromatic carbocycles. The van der Waals surface area contributed by atoms with E-state index in [9.17, 15) is 4.39 Å². The lowest BCUT2D eigenvalue weighted by Gasteiger charge is -2.27. The van der Waals surface area contributed by atoms with Crippen molar-refractivity contribution in [3.05, 3.63) is 35.1 Å². The average Bonchev–Trinajstić information content (AvgIpc) is 3.17. The van der Waals surface area contributed by atoms with Gasteiger partial charge in [0.2, 0.25) is 0 Å². The minimum Gasteiger partial charge on any atom is -0.329 e. The smallest absolute Gasteiger partial charge is 0.127 e. The number of nitriles is 1. The van der Waals surface area contributed by atoms with Crippen LogP contribution in [0.4, 0.5) is 4.39 Å². The molecule has 1 aliphatic carbocycles. The highest BCUT2D eigenvalue weighted by Gasteiger charge is 2.32. The Hall–Kier alpha value is -1.44. The van der Waals surface area contributed by atoms with E-state index < -0.39 is 0 Å². The Kier molecular flexibility index (Phi) is 3.95. The van der Waals surface area contributed by atoms with Gasteiger partial charge in [-0.2, -0.15) is 5.26 Å². The second kappa shape index (κ2) is 5.47. The lowest BCUT2D eigenvalue weighted by Crippen LogP contribution is -2.39. The molecule has 1 saturated carbocycles. The largest absolute Gasteiger partial charge is 0.329 e. The molecule has 0 saturated heterocycles. The Labute approximate surface area is 107 Å². The standard InChI is InChI=1S/C14H18FN3/c1-18(14(8-17)11-3-4-11)9-12-6-10(7-16)2-5-13(12)15/h2,5-6,11,14H,3-4,8-9,17H2,1H3. The third-order valence-electron chi connectivity index (χ3n) is 3.57. The van der Waals surface area contributed by atoms with E-state index >= 15 is 0 Å². The van der Waals surface area contributed by atoms with Gasteiger partial charge in [-0.15, -0.1) is 0 Å². The summed E-state index contributed by atoms with van der Waals surface area (Å²) in [6, 6.07) is 6.83. The van der Waals surface area contributed by atoms with Crippen molar-refractivity contribution in [3.63, 3.8) is 0 Å². The maximum Gasteiger partial charge on any atom is 0.127 e. The van der Waals surface area contributed by atoms with E-state index in [2.05, 4.69) is 4.90 Å². The van der Waals surface area contributed by atoms with E-state index in [0.29, 0.717) is 36.2 Å². The summed E-state index contributed by atoms with van der Waals surface area (Å²) in [5.74, 6) is 0.398. The fourth-order valence-electron chi connectivity index (χ4n) is 2.36. The van der Waals surface area contributed by atoms with Crippen molar-refractivity contribution in [3.8, 4) is 6.07 Å². The number of hydrogen-bond acceptors (Lipinski definition) is 3. The zero-order chi connectivity index (χ0) is 13.1. The maximum absolute atomic E-state index is 13.7. The molecule has 0 bridgehead atoms. The molecule has 0 aliphatic heterocycles. The minimum atomic E-state index is -0.257. The predicted molar refractivity (Wildman–Crippen MR) is 68.1 cm³/mol. The summed E-state index contributed by atoms with van der Waals surface area (Å²) < 4.78 is 13.7. The van der Waals surface area contributed by atoms with Gasteiger partial charge in [-0.1, -0.05) is 0 Å². The quantitative estimate of drug-likeness (QED) is 0.864. The van der Waals surface area contributed by atoms with Crippen LogP contribution in [0.1, 0.15) is 24.0 Å². The van der Waals surface area contributed by atoms with Gasteiger partial charge in [0.1, 0.15) is 5.82 Å². The first kappa shape index (κ1) is 13.0. The van der Waals surface area contributed by atoms with E-state index in [1.54, 1.807) is 6.07 Å². The number of rotatable bonds is 5. The molecule has 3 nitrogen and oxygen atoms in total. The van der Waals surface area contributed by atoms with Gasteiger partial charge in [0.05, 0.1) is 11.6 Å². The summed E-state index contributed by atoms with van der Waals surface area (Å²) in [6.07, 6.45) is 2.43. The van der Waals surface area contributed by atoms with Crippen LogP contribution in [0, 0.1) is 23.1 Å². The van der Waals surface area contributed by atoms with Crippen LogP contribution in [0.3, 0.4) is 0 Å². The first-order valence-corrected chi connectivity index (χ1v) is 6.24. The third-order valence-corrected chi connectivity index (χ3v) is 3.57. The molecule has 1 aromatic rings. The topological polar surface area (TPSA) is 53.0 Å². The van der Waals surface area contributed by atoms with Crippen LogP contribution < -0.4 is 5.73 Å². The van der Waals surface area contributed by atoms with Crippen molar-refractivity contribution < 1.29 is 4.39 Å². The molecule has 2 N–H and O–H groups in total. The molecule has 1 fully saturated rings. The predicted octanol–water partition coefficient (Wildman–Crippen LogP) is 1.87. The SMILES string of the molecule is CN(Cc1cc(C#N)ccc1F)C(CN)C1CC1. The highest BCUT2D eigenvalue weighted by Crippen LogP contribution is 2.35. The summed E-state index contributed by atoms with van der Waals surface area (Å²) >= 11 is 0. The van der Waals surface area contributed by atoms with Crippen molar-refractivity contribution >= 4 is 0 Å². The summed E-state index contributed by atoms with van der Waals surface area (Å²) in [6.45, 7) is 1.10. The molecular weight excluding hydrogens is 229 g/mol. The van der Waals surface area contributed by atoms with Gasteiger partial charge in [-0.25, -0.2) is 4.39 Å². The first-order valence-electron chi connectivity index (χ1n) is 6.24. The van der Waals surface area contributed by atoms with Crippen LogP contribution in [0.15, 0.2) is 18.2 Å². The summed E-state index contributed by atoms with van der Waals surface area (Å²) in [5, 5.41) is 8.83. The van der Waals surface area contributed by atoms with Gasteiger partial charge in [0.15, 0.2) is 0 Å². The van der Waals surface area contributed by atoms with Crippen LogP contribution in [-0.2, 0) is 6.54 Å². The number of hydrogen-bond donors (Lipinski definition) is 1. The molecular formula is C14H18FN3. The Morgan fingerprint density at radius 2 is 2.28 bits per heavy atom. The van der Waals surface area contributed by atoms with Crippen LogP contribution in [0.2, 0.25) is 0 Å². The van der Waals surface area contributed by atoms with Crippen molar-refractivity contribution in [2.75, 3.05) is 13.6 Å². The van der Waals surface area contributed by atoms with Crippen molar-refractivity contribution in [2.24, 2.45) is 11.7 Å². The molecule has 0 heterocycles. The highest BCUT2D eigenvalue weighted by atomic mass is 19.1. The number of nitrogens with two attached hydrogens (primary N) is 1. The van der Waals surface area contributed by atoms with Gasteiger partial charge in [-0.3, -0.25) is 4.90 Å². The zero-order valence-corrected chi connectivity index (χ0v) is 10.6. The molecule has 18 heavy (non-hydrogen) atoms. The van der Waals surface area contributed by atoms with E-state index in [1.807, 2.05) is 13.1 Å². The van der Waals surface area contributed by atoms with Crippen LogP contribution in [-0.4, -0.2) is 24.5 Å². The van der Waals surface area contributed by atoms with E-state index in [-0.39, 0.29) is 5.82 Å². The van der Waals surface area contributed by atoms with Gasteiger partial charge in [0, 0.05) is 24.7 Å². The third kappa shape index (κ3) is 2.87. The molecule has 1 aliphatic rings. The fraction of sp³-hybridized carbons (Fsp3) is 0.500. The van der Waals surface area contributed by atoms with Crippen LogP contribution in [0.5, 0.6) is 0 Å². The number of benzene rings is 1. The maximum atomic E-state index is 13.7. The Morgan fingerprint density at radius 1 is 1.56 bits per heavy atom. The van der Waals surface area contributed by atoms with E-state index in [0.717, 1.165) is 0 Å². The molecule has 0 amide bonds. The van der Waals surface area contributed by atoms with Crippen LogP contribution >= 0.6 is 0 Å². The van der Waals surface area contributed by atoms with Crippen molar-refractivity contribution in [1.29, 1.82) is 5.26 Å². The first-order chi connectivity index (χ1) is 8.65. The number of likely N-dealkylation sites (N-methyl/N-ethyl adjacent to an activating group) is 1. The van der Waals surface area contributed by atoms with Crippen molar-refractivity contribution in [1.82, 2.24) is 4.90 Å². The molecule has 0 aromatic heterocycles. The second-order valence-electron chi connectivity index (χ2n) is 4.97. The molecule has 4 heteroatoms. The molecule has 0 radical (unpaired) electrons. The number of halogens is 1. The molecule has 96 valence electrons. The van der Waals surface area contributed by atoms with Gasteiger partial charge < -0.3 is 5.73 Å². The van der Waals surface area contributed by atoms with Crippen molar-refractivity contribution in [2.45, 2.75) is 25.4 Å². The van der Waals surface area contributed by atoms with Gasteiger partial charge in [-0.05, 0) is 44.0 Å². The molecule has 1 unspecified atom stereocenters. The molecule has 1 atom stereocenters.